The molecule has 3 aliphatic heterocycles. The van der Waals surface area contributed by atoms with Gasteiger partial charge in [0.05, 0.1) is 7.11 Å². The quantitative estimate of drug-likeness (QED) is 0.419. The van der Waals surface area contributed by atoms with E-state index in [1.807, 2.05) is 0 Å². The van der Waals surface area contributed by atoms with Gasteiger partial charge in [-0.3, -0.25) is 0 Å². The van der Waals surface area contributed by atoms with E-state index < -0.39 is 23.1 Å². The van der Waals surface area contributed by atoms with Crippen LogP contribution in [0.5, 0.6) is 0 Å². The molecule has 5 nitrogen and oxygen atoms in total. The summed E-state index contributed by atoms with van der Waals surface area (Å²) in [5, 5.41) is 0. The van der Waals surface area contributed by atoms with E-state index in [0.717, 1.165) is 0 Å². The molecule has 3 rings (SSSR count). The second-order valence-electron chi connectivity index (χ2n) is 3.89. The summed E-state index contributed by atoms with van der Waals surface area (Å²) in [4.78, 5) is 11.5. The maximum atomic E-state index is 11.5. The molecule has 5 heteroatoms. The molecule has 3 heterocycles. The maximum absolute atomic E-state index is 11.5. The average Bonchev–Trinajstić information content (AvgIpc) is 2.86. The number of hydrogen-bond donors (Lipinski definition) is 0. The van der Waals surface area contributed by atoms with E-state index in [4.69, 9.17) is 14.2 Å². The molecule has 0 spiro atoms. The van der Waals surface area contributed by atoms with E-state index in [0.29, 0.717) is 0 Å². The summed E-state index contributed by atoms with van der Waals surface area (Å²) in [5.74, 6) is -1.89. The van der Waals surface area contributed by atoms with Crippen molar-refractivity contribution in [2.24, 2.45) is 0 Å². The number of ether oxygens (including phenoxy) is 4. The molecular formula is C8H10O5. The number of carbonyl (C=O) groups excluding carboxylic acids is 1. The normalized spacial score (nSPS) is 61.0. The van der Waals surface area contributed by atoms with Crippen molar-refractivity contribution in [3.8, 4) is 0 Å². The van der Waals surface area contributed by atoms with Crippen LogP contribution in [0.25, 0.3) is 0 Å². The van der Waals surface area contributed by atoms with Crippen LogP contribution in [0.1, 0.15) is 13.8 Å². The van der Waals surface area contributed by atoms with Crippen molar-refractivity contribution in [1.82, 2.24) is 0 Å². The van der Waals surface area contributed by atoms with Crippen LogP contribution in [-0.2, 0) is 23.7 Å². The average molecular weight is 186 g/mol. The van der Waals surface area contributed by atoms with Crippen LogP contribution in [0.4, 0.5) is 0 Å². The van der Waals surface area contributed by atoms with Gasteiger partial charge in [0.1, 0.15) is 0 Å². The zero-order valence-corrected chi connectivity index (χ0v) is 7.62. The Bertz CT molecular complexity index is 316. The minimum Gasteiger partial charge on any atom is -0.467 e. The third-order valence-electron chi connectivity index (χ3n) is 3.01. The van der Waals surface area contributed by atoms with Gasteiger partial charge in [-0.15, -0.1) is 0 Å². The van der Waals surface area contributed by atoms with Gasteiger partial charge in [-0.1, -0.05) is 0 Å². The summed E-state index contributed by atoms with van der Waals surface area (Å²) in [5.41, 5.74) is -1.00. The van der Waals surface area contributed by atoms with Gasteiger partial charge in [-0.05, 0) is 13.8 Å². The Morgan fingerprint density at radius 1 is 1.38 bits per heavy atom. The van der Waals surface area contributed by atoms with Crippen molar-refractivity contribution in [2.75, 3.05) is 7.11 Å². The molecule has 4 unspecified atom stereocenters. The van der Waals surface area contributed by atoms with Crippen LogP contribution < -0.4 is 0 Å². The van der Waals surface area contributed by atoms with Gasteiger partial charge >= 0.3 is 5.97 Å². The molecule has 13 heavy (non-hydrogen) atoms. The van der Waals surface area contributed by atoms with Crippen LogP contribution in [-0.4, -0.2) is 36.4 Å². The highest BCUT2D eigenvalue weighted by atomic mass is 17.0. The van der Waals surface area contributed by atoms with Crippen LogP contribution >= 0.6 is 0 Å². The first-order chi connectivity index (χ1) is 5.98. The molecule has 0 aromatic rings. The summed E-state index contributed by atoms with van der Waals surface area (Å²) in [6.07, 6.45) is -0.308. The standard InChI is InChI=1S/C8H10O5/c1-6-4(11-6)8(5(9)10-3)7(2,12-6)13-8/h4H,1-3H3. The number of carbonyl (C=O) groups is 1. The highest BCUT2D eigenvalue weighted by Crippen LogP contribution is 2.70. The third kappa shape index (κ3) is 0.580. The highest BCUT2D eigenvalue weighted by Gasteiger charge is 2.95. The minimum atomic E-state index is -1.00. The lowest BCUT2D eigenvalue weighted by Gasteiger charge is -2.08. The molecule has 0 saturated carbocycles. The molecular weight excluding hydrogens is 176 g/mol. The van der Waals surface area contributed by atoms with Crippen LogP contribution in [0.3, 0.4) is 0 Å². The lowest BCUT2D eigenvalue weighted by atomic mass is 10.0. The van der Waals surface area contributed by atoms with Gasteiger partial charge in [-0.2, -0.15) is 0 Å². The molecule has 0 radical (unpaired) electrons. The van der Waals surface area contributed by atoms with E-state index in [1.54, 1.807) is 13.8 Å². The molecule has 3 aliphatic rings. The zero-order valence-electron chi connectivity index (χ0n) is 7.62. The van der Waals surface area contributed by atoms with E-state index >= 15 is 0 Å². The van der Waals surface area contributed by atoms with Crippen LogP contribution in [0.15, 0.2) is 0 Å². The largest absolute Gasteiger partial charge is 0.467 e. The molecule has 0 aromatic heterocycles. The van der Waals surface area contributed by atoms with Gasteiger partial charge in [-0.25, -0.2) is 4.79 Å². The van der Waals surface area contributed by atoms with Crippen molar-refractivity contribution < 1.29 is 23.7 Å². The van der Waals surface area contributed by atoms with E-state index in [-0.39, 0.29) is 6.10 Å². The topological polar surface area (TPSA) is 60.6 Å². The van der Waals surface area contributed by atoms with Crippen molar-refractivity contribution >= 4 is 5.97 Å². The molecule has 3 saturated heterocycles. The van der Waals surface area contributed by atoms with Gasteiger partial charge in [0.15, 0.2) is 11.9 Å². The molecule has 0 bridgehead atoms. The first kappa shape index (κ1) is 7.73. The summed E-state index contributed by atoms with van der Waals surface area (Å²) in [7, 11) is 1.33. The summed E-state index contributed by atoms with van der Waals surface area (Å²) in [6.45, 7) is 3.52. The van der Waals surface area contributed by atoms with Crippen molar-refractivity contribution in [1.29, 1.82) is 0 Å². The highest BCUT2D eigenvalue weighted by molar-refractivity contribution is 5.87. The first-order valence-corrected chi connectivity index (χ1v) is 4.15. The molecule has 3 fully saturated rings. The molecule has 0 N–H and O–H groups in total. The Morgan fingerprint density at radius 3 is 2.54 bits per heavy atom. The second-order valence-corrected chi connectivity index (χ2v) is 3.89. The predicted molar refractivity (Wildman–Crippen MR) is 38.6 cm³/mol. The van der Waals surface area contributed by atoms with Crippen LogP contribution in [0, 0.1) is 0 Å². The summed E-state index contributed by atoms with van der Waals surface area (Å²) < 4.78 is 20.6. The lowest BCUT2D eigenvalue weighted by molar-refractivity contribution is -0.148. The Balaban J connectivity index is 1.99. The smallest absolute Gasteiger partial charge is 0.347 e. The van der Waals surface area contributed by atoms with Crippen molar-refractivity contribution in [3.63, 3.8) is 0 Å². The second kappa shape index (κ2) is 1.63. The first-order valence-electron chi connectivity index (χ1n) is 4.15. The van der Waals surface area contributed by atoms with Crippen LogP contribution in [0.2, 0.25) is 0 Å². The third-order valence-corrected chi connectivity index (χ3v) is 3.01. The van der Waals surface area contributed by atoms with Gasteiger partial charge in [0.25, 0.3) is 5.60 Å². The molecule has 0 aliphatic carbocycles. The van der Waals surface area contributed by atoms with Crippen molar-refractivity contribution in [3.05, 3.63) is 0 Å². The van der Waals surface area contributed by atoms with Gasteiger partial charge in [0, 0.05) is 0 Å². The number of epoxide rings is 2. The number of esters is 1. The number of fused-ring (bicyclic) bond motifs is 3. The minimum absolute atomic E-state index is 0.308. The Kier molecular flexibility index (Phi) is 0.966. The fraction of sp³-hybridized carbons (Fsp3) is 0.875. The number of methoxy groups -OCH3 is 1. The molecule has 0 aromatic carbocycles. The van der Waals surface area contributed by atoms with Crippen molar-refractivity contribution in [2.45, 2.75) is 37.1 Å². The van der Waals surface area contributed by atoms with Gasteiger partial charge in [0.2, 0.25) is 5.79 Å². The van der Waals surface area contributed by atoms with E-state index in [1.165, 1.54) is 7.11 Å². The molecule has 4 atom stereocenters. The zero-order chi connectivity index (χ0) is 9.48. The molecule has 72 valence electrons. The number of hydrogen-bond acceptors (Lipinski definition) is 5. The fourth-order valence-corrected chi connectivity index (χ4v) is 2.27. The van der Waals surface area contributed by atoms with E-state index in [9.17, 15) is 4.79 Å². The molecule has 0 amide bonds. The van der Waals surface area contributed by atoms with Gasteiger partial charge < -0.3 is 18.9 Å². The summed E-state index contributed by atoms with van der Waals surface area (Å²) >= 11 is 0. The SMILES string of the molecule is COC(=O)C12OC1(C)OC1(C)OC12. The monoisotopic (exact) mass is 186 g/mol. The maximum Gasteiger partial charge on any atom is 0.347 e. The Hall–Kier alpha value is -0.650. The fourth-order valence-electron chi connectivity index (χ4n) is 2.27. The Labute approximate surface area is 74.9 Å². The Morgan fingerprint density at radius 2 is 2.08 bits per heavy atom. The lowest BCUT2D eigenvalue weighted by Crippen LogP contribution is -2.36. The number of rotatable bonds is 1. The summed E-state index contributed by atoms with van der Waals surface area (Å²) in [6, 6.07) is 0. The predicted octanol–water partition coefficient (Wildman–Crippen LogP) is -0.210. The van der Waals surface area contributed by atoms with E-state index in [2.05, 4.69) is 4.74 Å².